The van der Waals surface area contributed by atoms with Crippen molar-refractivity contribution >= 4 is 0 Å². The molecular formula is C13H21NO3. The molecule has 3 N–H and O–H groups in total. The minimum atomic E-state index is -0.0330. The fourth-order valence-corrected chi connectivity index (χ4v) is 1.37. The average Bonchev–Trinajstić information content (AvgIpc) is 2.35. The first kappa shape index (κ1) is 13.8. The summed E-state index contributed by atoms with van der Waals surface area (Å²) in [6.45, 7) is 4.41. The van der Waals surface area contributed by atoms with E-state index < -0.39 is 0 Å². The summed E-state index contributed by atoms with van der Waals surface area (Å²) < 4.78 is 10.8. The van der Waals surface area contributed by atoms with Gasteiger partial charge in [-0.15, -0.1) is 0 Å². The topological polar surface area (TPSA) is 64.7 Å². The summed E-state index contributed by atoms with van der Waals surface area (Å²) in [5, 5.41) is 8.93. The molecule has 0 saturated carbocycles. The summed E-state index contributed by atoms with van der Waals surface area (Å²) in [6.07, 6.45) is 0. The predicted molar refractivity (Wildman–Crippen MR) is 67.3 cm³/mol. The van der Waals surface area contributed by atoms with Crippen LogP contribution in [0.1, 0.15) is 25.5 Å². The Morgan fingerprint density at radius 2 is 2.00 bits per heavy atom. The summed E-state index contributed by atoms with van der Waals surface area (Å²) in [7, 11) is 1.60. The zero-order valence-corrected chi connectivity index (χ0v) is 10.6. The molecule has 17 heavy (non-hydrogen) atoms. The molecule has 0 aliphatic rings. The van der Waals surface area contributed by atoms with E-state index in [2.05, 4.69) is 0 Å². The zero-order valence-electron chi connectivity index (χ0n) is 10.6. The number of methoxy groups -OCH3 is 1. The number of aliphatic hydroxyl groups is 1. The molecule has 0 aliphatic heterocycles. The van der Waals surface area contributed by atoms with Gasteiger partial charge >= 0.3 is 0 Å². The third kappa shape index (κ3) is 3.91. The molecule has 1 aromatic carbocycles. The maximum Gasteiger partial charge on any atom is 0.161 e. The van der Waals surface area contributed by atoms with E-state index in [1.165, 1.54) is 0 Å². The number of rotatable bonds is 6. The fraction of sp³-hybridized carbons (Fsp3) is 0.538. The number of benzene rings is 1. The molecule has 0 aromatic heterocycles. The predicted octanol–water partition coefficient (Wildman–Crippen LogP) is 1.72. The van der Waals surface area contributed by atoms with Crippen molar-refractivity contribution in [3.8, 4) is 11.5 Å². The molecule has 4 heteroatoms. The molecule has 4 nitrogen and oxygen atoms in total. The van der Waals surface area contributed by atoms with Crippen LogP contribution >= 0.6 is 0 Å². The minimum Gasteiger partial charge on any atom is -0.493 e. The lowest BCUT2D eigenvalue weighted by Gasteiger charge is -2.15. The lowest BCUT2D eigenvalue weighted by Crippen LogP contribution is -2.13. The third-order valence-corrected chi connectivity index (χ3v) is 2.55. The maximum atomic E-state index is 8.93. The summed E-state index contributed by atoms with van der Waals surface area (Å²) in [5.41, 5.74) is 6.81. The molecule has 1 unspecified atom stereocenters. The Morgan fingerprint density at radius 3 is 2.53 bits per heavy atom. The van der Waals surface area contributed by atoms with Crippen LogP contribution in [-0.4, -0.2) is 25.4 Å². The molecule has 0 heterocycles. The normalized spacial score (nSPS) is 14.2. The van der Waals surface area contributed by atoms with Crippen molar-refractivity contribution in [2.24, 2.45) is 11.7 Å². The van der Waals surface area contributed by atoms with Crippen molar-refractivity contribution in [1.82, 2.24) is 0 Å². The highest BCUT2D eigenvalue weighted by molar-refractivity contribution is 5.43. The van der Waals surface area contributed by atoms with Gasteiger partial charge in [0.15, 0.2) is 11.5 Å². The number of ether oxygens (including phenoxy) is 2. The van der Waals surface area contributed by atoms with Crippen molar-refractivity contribution in [1.29, 1.82) is 0 Å². The number of hydrogen-bond acceptors (Lipinski definition) is 4. The van der Waals surface area contributed by atoms with Gasteiger partial charge in [-0.25, -0.2) is 0 Å². The third-order valence-electron chi connectivity index (χ3n) is 2.55. The van der Waals surface area contributed by atoms with Gasteiger partial charge in [0.05, 0.1) is 13.7 Å². The van der Waals surface area contributed by atoms with E-state index in [0.29, 0.717) is 18.1 Å². The monoisotopic (exact) mass is 239 g/mol. The quantitative estimate of drug-likeness (QED) is 0.793. The standard InChI is InChI=1S/C13H21NO3/c1-9(7-15)8-17-12-5-4-11(10(2)14)6-13(12)16-3/h4-6,9-10,15H,7-8,14H2,1-3H3/t9?,10-/m1/s1. The largest absolute Gasteiger partial charge is 0.493 e. The second-order valence-corrected chi connectivity index (χ2v) is 4.30. The number of aliphatic hydroxyl groups excluding tert-OH is 1. The van der Waals surface area contributed by atoms with Crippen LogP contribution in [0.5, 0.6) is 11.5 Å². The molecule has 0 amide bonds. The van der Waals surface area contributed by atoms with Crippen LogP contribution in [0.3, 0.4) is 0 Å². The van der Waals surface area contributed by atoms with Crippen molar-refractivity contribution in [3.05, 3.63) is 23.8 Å². The van der Waals surface area contributed by atoms with Crippen molar-refractivity contribution in [3.63, 3.8) is 0 Å². The van der Waals surface area contributed by atoms with Crippen molar-refractivity contribution in [2.75, 3.05) is 20.3 Å². The van der Waals surface area contributed by atoms with Crippen LogP contribution in [0.2, 0.25) is 0 Å². The van der Waals surface area contributed by atoms with E-state index >= 15 is 0 Å². The number of nitrogens with two attached hydrogens (primary N) is 1. The first-order valence-corrected chi connectivity index (χ1v) is 5.75. The molecule has 0 radical (unpaired) electrons. The molecular weight excluding hydrogens is 218 g/mol. The second-order valence-electron chi connectivity index (χ2n) is 4.30. The highest BCUT2D eigenvalue weighted by Gasteiger charge is 2.09. The summed E-state index contributed by atoms with van der Waals surface area (Å²) >= 11 is 0. The fourth-order valence-electron chi connectivity index (χ4n) is 1.37. The van der Waals surface area contributed by atoms with E-state index in [1.54, 1.807) is 7.11 Å². The Kier molecular flexibility index (Phi) is 5.25. The SMILES string of the molecule is COc1cc([C@@H](C)N)ccc1OCC(C)CO. The smallest absolute Gasteiger partial charge is 0.161 e. The van der Waals surface area contributed by atoms with Gasteiger partial charge in [-0.3, -0.25) is 0 Å². The summed E-state index contributed by atoms with van der Waals surface area (Å²) in [6, 6.07) is 5.62. The highest BCUT2D eigenvalue weighted by Crippen LogP contribution is 2.30. The number of hydrogen-bond donors (Lipinski definition) is 2. The van der Waals surface area contributed by atoms with Gasteiger partial charge in [0, 0.05) is 18.6 Å². The second kappa shape index (κ2) is 6.47. The van der Waals surface area contributed by atoms with Crippen molar-refractivity contribution in [2.45, 2.75) is 19.9 Å². The molecule has 0 fully saturated rings. The molecule has 96 valence electrons. The lowest BCUT2D eigenvalue weighted by atomic mass is 10.1. The molecule has 2 atom stereocenters. The van der Waals surface area contributed by atoms with Gasteiger partial charge in [0.1, 0.15) is 0 Å². The minimum absolute atomic E-state index is 0.0330. The Balaban J connectivity index is 2.78. The Bertz CT molecular complexity index is 353. The van der Waals surface area contributed by atoms with Crippen LogP contribution in [-0.2, 0) is 0 Å². The van der Waals surface area contributed by atoms with Gasteiger partial charge in [0.25, 0.3) is 0 Å². The van der Waals surface area contributed by atoms with Crippen LogP contribution in [0.25, 0.3) is 0 Å². The van der Waals surface area contributed by atoms with Gasteiger partial charge in [0.2, 0.25) is 0 Å². The molecule has 1 aromatic rings. The van der Waals surface area contributed by atoms with Gasteiger partial charge in [-0.1, -0.05) is 13.0 Å². The van der Waals surface area contributed by atoms with Gasteiger partial charge in [-0.05, 0) is 24.6 Å². The Morgan fingerprint density at radius 1 is 1.29 bits per heavy atom. The molecule has 0 saturated heterocycles. The molecule has 0 spiro atoms. The maximum absolute atomic E-state index is 8.93. The van der Waals surface area contributed by atoms with E-state index in [1.807, 2.05) is 32.0 Å². The average molecular weight is 239 g/mol. The summed E-state index contributed by atoms with van der Waals surface area (Å²) in [4.78, 5) is 0. The first-order valence-electron chi connectivity index (χ1n) is 5.75. The van der Waals surface area contributed by atoms with Crippen LogP contribution in [0.4, 0.5) is 0 Å². The Labute approximate surface area is 102 Å². The van der Waals surface area contributed by atoms with E-state index in [4.69, 9.17) is 20.3 Å². The van der Waals surface area contributed by atoms with E-state index in [0.717, 1.165) is 5.56 Å². The molecule has 0 bridgehead atoms. The summed E-state index contributed by atoms with van der Waals surface area (Å²) in [5.74, 6) is 1.45. The van der Waals surface area contributed by atoms with Crippen molar-refractivity contribution < 1.29 is 14.6 Å². The van der Waals surface area contributed by atoms with E-state index in [-0.39, 0.29) is 18.6 Å². The van der Waals surface area contributed by atoms with Crippen LogP contribution in [0, 0.1) is 5.92 Å². The van der Waals surface area contributed by atoms with Crippen LogP contribution in [0.15, 0.2) is 18.2 Å². The zero-order chi connectivity index (χ0) is 12.8. The highest BCUT2D eigenvalue weighted by atomic mass is 16.5. The van der Waals surface area contributed by atoms with Gasteiger partial charge < -0.3 is 20.3 Å². The lowest BCUT2D eigenvalue weighted by molar-refractivity contribution is 0.171. The van der Waals surface area contributed by atoms with E-state index in [9.17, 15) is 0 Å². The first-order chi connectivity index (χ1) is 8.08. The Hall–Kier alpha value is -1.26. The van der Waals surface area contributed by atoms with Crippen LogP contribution < -0.4 is 15.2 Å². The molecule has 1 rings (SSSR count). The van der Waals surface area contributed by atoms with Gasteiger partial charge in [-0.2, -0.15) is 0 Å². The molecule has 0 aliphatic carbocycles.